The van der Waals surface area contributed by atoms with Gasteiger partial charge in [-0.05, 0) is 26.4 Å². The number of carbonyl (C=O) groups excluding carboxylic acids is 1. The van der Waals surface area contributed by atoms with Gasteiger partial charge in [-0.3, -0.25) is 0 Å². The van der Waals surface area contributed by atoms with E-state index in [2.05, 4.69) is 5.32 Å². The van der Waals surface area contributed by atoms with Crippen molar-refractivity contribution < 1.29 is 14.7 Å². The van der Waals surface area contributed by atoms with Gasteiger partial charge in [-0.15, -0.1) is 0 Å². The quantitative estimate of drug-likeness (QED) is 0.639. The van der Waals surface area contributed by atoms with Gasteiger partial charge in [0.05, 0.1) is 0 Å². The van der Waals surface area contributed by atoms with Gasteiger partial charge in [0, 0.05) is 20.1 Å². The zero-order valence-electron chi connectivity index (χ0n) is 11.9. The number of hydrogen-bond donors (Lipinski definition) is 2. The van der Waals surface area contributed by atoms with Crippen LogP contribution in [0.5, 0.6) is 0 Å². The molecule has 0 aliphatic heterocycles. The van der Waals surface area contributed by atoms with E-state index in [-0.39, 0.29) is 30.8 Å². The van der Waals surface area contributed by atoms with E-state index < -0.39 is 12.0 Å². The molecule has 0 aliphatic carbocycles. The van der Waals surface area contributed by atoms with Crippen molar-refractivity contribution in [2.75, 3.05) is 34.2 Å². The van der Waals surface area contributed by atoms with Gasteiger partial charge in [0.1, 0.15) is 6.04 Å². The number of aliphatic carboxylic acids is 1. The molecular formula is C12H26LiN3O3. The molecule has 7 heteroatoms. The molecule has 0 fully saturated rings. The van der Waals surface area contributed by atoms with E-state index in [0.29, 0.717) is 13.0 Å². The van der Waals surface area contributed by atoms with Crippen LogP contribution in [0, 0.1) is 5.92 Å². The number of nitrogens with zero attached hydrogens (tertiary/aromatic N) is 2. The van der Waals surface area contributed by atoms with Gasteiger partial charge in [0.25, 0.3) is 0 Å². The van der Waals surface area contributed by atoms with Gasteiger partial charge in [0.2, 0.25) is 0 Å². The second-order valence-corrected chi connectivity index (χ2v) is 5.13. The van der Waals surface area contributed by atoms with Crippen LogP contribution in [0.25, 0.3) is 0 Å². The Bertz CT molecular complexity index is 285. The number of nitrogens with one attached hydrogen (secondary N) is 1. The molecular weight excluding hydrogens is 241 g/mol. The third-order valence-corrected chi connectivity index (χ3v) is 2.60. The summed E-state index contributed by atoms with van der Waals surface area (Å²) in [5.41, 5.74) is 0. The maximum atomic E-state index is 11.8. The van der Waals surface area contributed by atoms with Crippen LogP contribution >= 0.6 is 0 Å². The Morgan fingerprint density at radius 3 is 2.11 bits per heavy atom. The molecule has 0 saturated heterocycles. The third kappa shape index (κ3) is 8.92. The van der Waals surface area contributed by atoms with Crippen molar-refractivity contribution in [1.82, 2.24) is 15.1 Å². The van der Waals surface area contributed by atoms with Crippen molar-refractivity contribution in [3.05, 3.63) is 0 Å². The van der Waals surface area contributed by atoms with Gasteiger partial charge in [-0.2, -0.15) is 0 Å². The first kappa shape index (κ1) is 20.6. The first-order chi connectivity index (χ1) is 8.25. The van der Waals surface area contributed by atoms with E-state index in [1.54, 1.807) is 0 Å². The van der Waals surface area contributed by atoms with Gasteiger partial charge >= 0.3 is 30.9 Å². The summed E-state index contributed by atoms with van der Waals surface area (Å²) in [6.45, 7) is 5.10. The fourth-order valence-corrected chi connectivity index (χ4v) is 1.52. The van der Waals surface area contributed by atoms with E-state index in [4.69, 9.17) is 5.11 Å². The summed E-state index contributed by atoms with van der Waals surface area (Å²) in [6.07, 6.45) is 0.451. The zero-order chi connectivity index (χ0) is 14.3. The monoisotopic (exact) mass is 267 g/mol. The summed E-state index contributed by atoms with van der Waals surface area (Å²) in [4.78, 5) is 26.1. The molecule has 0 heterocycles. The molecule has 1 unspecified atom stereocenters. The molecule has 0 bridgehead atoms. The second kappa shape index (κ2) is 10.1. The molecule has 2 N–H and O–H groups in total. The van der Waals surface area contributed by atoms with E-state index in [0.717, 1.165) is 6.54 Å². The first-order valence-corrected chi connectivity index (χ1v) is 6.13. The number of amides is 2. The number of rotatable bonds is 7. The van der Waals surface area contributed by atoms with Crippen molar-refractivity contribution in [3.8, 4) is 0 Å². The number of carboxylic acids is 1. The Hall–Kier alpha value is -0.703. The van der Waals surface area contributed by atoms with Crippen molar-refractivity contribution in [1.29, 1.82) is 0 Å². The van der Waals surface area contributed by atoms with E-state index >= 15 is 0 Å². The Morgan fingerprint density at radius 2 is 1.74 bits per heavy atom. The van der Waals surface area contributed by atoms with E-state index in [1.807, 2.05) is 32.8 Å². The molecule has 0 aliphatic rings. The molecule has 0 spiro atoms. The molecule has 6 nitrogen and oxygen atoms in total. The van der Waals surface area contributed by atoms with Crippen molar-refractivity contribution in [3.63, 3.8) is 0 Å². The summed E-state index contributed by atoms with van der Waals surface area (Å²) in [5, 5.41) is 11.8. The van der Waals surface area contributed by atoms with Crippen LogP contribution < -0.4 is 5.32 Å². The third-order valence-electron chi connectivity index (χ3n) is 2.60. The fourth-order valence-electron chi connectivity index (χ4n) is 1.52. The van der Waals surface area contributed by atoms with E-state index in [1.165, 1.54) is 11.9 Å². The average molecular weight is 267 g/mol. The number of carbonyl (C=O) groups is 2. The fraction of sp³-hybridized carbons (Fsp3) is 0.833. The van der Waals surface area contributed by atoms with Crippen LogP contribution in [0.2, 0.25) is 0 Å². The molecule has 2 amide bonds. The Labute approximate surface area is 127 Å². The summed E-state index contributed by atoms with van der Waals surface area (Å²) in [5.74, 6) is -0.739. The van der Waals surface area contributed by atoms with Crippen LogP contribution in [0.3, 0.4) is 0 Å². The SMILES string of the molecule is CC(C)CC(C(=O)O)N(C)C(=O)NCCN(C)C.[LiH]. The van der Waals surface area contributed by atoms with Crippen LogP contribution in [-0.4, -0.2) is 86.0 Å². The van der Waals surface area contributed by atoms with Crippen LogP contribution in [0.15, 0.2) is 0 Å². The molecule has 19 heavy (non-hydrogen) atoms. The molecule has 0 saturated carbocycles. The maximum absolute atomic E-state index is 11.8. The van der Waals surface area contributed by atoms with Crippen molar-refractivity contribution in [2.45, 2.75) is 26.3 Å². The molecule has 1 atom stereocenters. The molecule has 0 radical (unpaired) electrons. The normalized spacial score (nSPS) is 11.9. The average Bonchev–Trinajstić information content (AvgIpc) is 2.23. The molecule has 0 aromatic rings. The molecule has 0 aromatic carbocycles. The number of hydrogen-bond acceptors (Lipinski definition) is 3. The Balaban J connectivity index is 0. The van der Waals surface area contributed by atoms with Gasteiger partial charge < -0.3 is 20.2 Å². The van der Waals surface area contributed by atoms with E-state index in [9.17, 15) is 9.59 Å². The summed E-state index contributed by atoms with van der Waals surface area (Å²) in [7, 11) is 5.34. The predicted octanol–water partition coefficient (Wildman–Crippen LogP) is 0.0402. The summed E-state index contributed by atoms with van der Waals surface area (Å²) < 4.78 is 0. The summed E-state index contributed by atoms with van der Waals surface area (Å²) >= 11 is 0. The minimum absolute atomic E-state index is 0. The zero-order valence-corrected chi connectivity index (χ0v) is 11.9. The number of urea groups is 1. The Morgan fingerprint density at radius 1 is 1.21 bits per heavy atom. The Kier molecular flexibility index (Phi) is 11.0. The minimum atomic E-state index is -0.964. The van der Waals surface area contributed by atoms with Crippen LogP contribution in [-0.2, 0) is 4.79 Å². The summed E-state index contributed by atoms with van der Waals surface area (Å²) in [6, 6.07) is -1.12. The number of carboxylic acid groups (broad SMARTS) is 1. The standard InChI is InChI=1S/C12H25N3O3.Li.H/c1-9(2)8-10(11(16)17)15(5)12(18)13-6-7-14(3)4;;/h9-10H,6-8H2,1-5H3,(H,13,18)(H,16,17);;. The second-order valence-electron chi connectivity index (χ2n) is 5.13. The molecule has 0 aromatic heterocycles. The van der Waals surface area contributed by atoms with Gasteiger partial charge in [-0.25, -0.2) is 9.59 Å². The molecule has 0 rings (SSSR count). The first-order valence-electron chi connectivity index (χ1n) is 6.13. The molecule has 108 valence electrons. The van der Waals surface area contributed by atoms with Crippen molar-refractivity contribution in [2.24, 2.45) is 5.92 Å². The van der Waals surface area contributed by atoms with Crippen LogP contribution in [0.4, 0.5) is 4.79 Å². The van der Waals surface area contributed by atoms with Crippen molar-refractivity contribution >= 4 is 30.9 Å². The predicted molar refractivity (Wildman–Crippen MR) is 77.7 cm³/mol. The van der Waals surface area contributed by atoms with Crippen LogP contribution in [0.1, 0.15) is 20.3 Å². The van der Waals surface area contributed by atoms with Gasteiger partial charge in [-0.1, -0.05) is 13.8 Å². The van der Waals surface area contributed by atoms with Gasteiger partial charge in [0.15, 0.2) is 0 Å². The number of likely N-dealkylation sites (N-methyl/N-ethyl adjacent to an activating group) is 2. The topological polar surface area (TPSA) is 72.9 Å².